The molecule has 120 valence electrons. The molecule has 0 radical (unpaired) electrons. The van der Waals surface area contributed by atoms with E-state index in [1.807, 2.05) is 34.1 Å². The van der Waals surface area contributed by atoms with Crippen molar-refractivity contribution < 1.29 is 4.79 Å². The van der Waals surface area contributed by atoms with Crippen molar-refractivity contribution in [3.8, 4) is 0 Å². The molecule has 0 aliphatic rings. The highest BCUT2D eigenvalue weighted by molar-refractivity contribution is 5.97. The topological polar surface area (TPSA) is 63.1 Å². The normalized spacial score (nSPS) is 12.1. The Kier molecular flexibility index (Phi) is 4.51. The minimum Gasteiger partial charge on any atom is -0.351 e. The summed E-state index contributed by atoms with van der Waals surface area (Å²) in [7, 11) is 5.92. The molecule has 1 amide bonds. The molecule has 0 saturated carbocycles. The van der Waals surface area contributed by atoms with Crippen LogP contribution in [0.5, 0.6) is 0 Å². The van der Waals surface area contributed by atoms with Crippen molar-refractivity contribution in [2.75, 3.05) is 27.2 Å². The molecule has 0 bridgehead atoms. The van der Waals surface area contributed by atoms with Gasteiger partial charge in [0.15, 0.2) is 5.65 Å². The third-order valence-electron chi connectivity index (χ3n) is 3.60. The van der Waals surface area contributed by atoms with Gasteiger partial charge in [0.05, 0.1) is 11.3 Å². The molecule has 22 heavy (non-hydrogen) atoms. The Hall–Kier alpha value is -1.95. The standard InChI is InChI=1S/C16H25N5O/c1-11-13-7-12(8-17-14(13)21(6)19-11)15(22)18-9-16(2,3)10-20(4)5/h7-8H,9-10H2,1-6H3,(H,18,22). The van der Waals surface area contributed by atoms with Crippen molar-refractivity contribution in [2.24, 2.45) is 12.5 Å². The van der Waals surface area contributed by atoms with E-state index in [0.29, 0.717) is 12.1 Å². The number of aromatic nitrogens is 3. The second kappa shape index (κ2) is 6.04. The lowest BCUT2D eigenvalue weighted by Gasteiger charge is -2.28. The van der Waals surface area contributed by atoms with Gasteiger partial charge in [-0.15, -0.1) is 0 Å². The molecule has 0 fully saturated rings. The van der Waals surface area contributed by atoms with Crippen LogP contribution in [0.25, 0.3) is 11.0 Å². The number of nitrogens with zero attached hydrogens (tertiary/aromatic N) is 4. The van der Waals surface area contributed by atoms with Gasteiger partial charge >= 0.3 is 0 Å². The zero-order valence-electron chi connectivity index (χ0n) is 14.3. The van der Waals surface area contributed by atoms with E-state index in [0.717, 1.165) is 23.3 Å². The Morgan fingerprint density at radius 1 is 1.41 bits per heavy atom. The van der Waals surface area contributed by atoms with Gasteiger partial charge < -0.3 is 10.2 Å². The first kappa shape index (κ1) is 16.4. The van der Waals surface area contributed by atoms with Crippen molar-refractivity contribution >= 4 is 16.9 Å². The number of hydrogen-bond acceptors (Lipinski definition) is 4. The molecule has 0 aliphatic carbocycles. The van der Waals surface area contributed by atoms with Crippen molar-refractivity contribution in [3.63, 3.8) is 0 Å². The number of nitrogens with one attached hydrogen (secondary N) is 1. The number of carbonyl (C=O) groups is 1. The number of pyridine rings is 1. The third-order valence-corrected chi connectivity index (χ3v) is 3.60. The highest BCUT2D eigenvalue weighted by atomic mass is 16.1. The molecular formula is C16H25N5O. The van der Waals surface area contributed by atoms with Crippen LogP contribution in [0.2, 0.25) is 0 Å². The Bertz CT molecular complexity index is 687. The molecule has 2 aromatic rings. The van der Waals surface area contributed by atoms with Crippen LogP contribution in [-0.4, -0.2) is 52.8 Å². The van der Waals surface area contributed by atoms with Crippen LogP contribution in [0.15, 0.2) is 12.3 Å². The second-order valence-corrected chi connectivity index (χ2v) is 6.89. The van der Waals surface area contributed by atoms with Crippen molar-refractivity contribution in [2.45, 2.75) is 20.8 Å². The average molecular weight is 303 g/mol. The molecule has 2 rings (SSSR count). The molecule has 0 unspecified atom stereocenters. The molecular weight excluding hydrogens is 278 g/mol. The van der Waals surface area contributed by atoms with Crippen LogP contribution in [-0.2, 0) is 7.05 Å². The molecule has 2 aromatic heterocycles. The van der Waals surface area contributed by atoms with Gasteiger partial charge in [0.2, 0.25) is 0 Å². The van der Waals surface area contributed by atoms with Crippen molar-refractivity contribution in [3.05, 3.63) is 23.5 Å². The van der Waals surface area contributed by atoms with Crippen LogP contribution in [0.4, 0.5) is 0 Å². The molecule has 0 saturated heterocycles. The van der Waals surface area contributed by atoms with Gasteiger partial charge in [-0.2, -0.15) is 5.10 Å². The number of fused-ring (bicyclic) bond motifs is 1. The molecule has 6 heteroatoms. The average Bonchev–Trinajstić information content (AvgIpc) is 2.70. The van der Waals surface area contributed by atoms with Gasteiger partial charge in [-0.3, -0.25) is 9.48 Å². The van der Waals surface area contributed by atoms with E-state index in [4.69, 9.17) is 0 Å². The maximum Gasteiger partial charge on any atom is 0.252 e. The van der Waals surface area contributed by atoms with E-state index in [1.165, 1.54) is 0 Å². The number of aryl methyl sites for hydroxylation is 2. The van der Waals surface area contributed by atoms with E-state index in [-0.39, 0.29) is 11.3 Å². The summed E-state index contributed by atoms with van der Waals surface area (Å²) in [6.07, 6.45) is 1.61. The van der Waals surface area contributed by atoms with Crippen LogP contribution < -0.4 is 5.32 Å². The largest absolute Gasteiger partial charge is 0.351 e. The van der Waals surface area contributed by atoms with Crippen molar-refractivity contribution in [1.82, 2.24) is 25.0 Å². The smallest absolute Gasteiger partial charge is 0.252 e. The minimum atomic E-state index is -0.0931. The number of rotatable bonds is 5. The highest BCUT2D eigenvalue weighted by Gasteiger charge is 2.20. The summed E-state index contributed by atoms with van der Waals surface area (Å²) < 4.78 is 1.73. The zero-order chi connectivity index (χ0) is 16.5. The van der Waals surface area contributed by atoms with E-state index in [2.05, 4.69) is 34.1 Å². The fourth-order valence-corrected chi connectivity index (χ4v) is 2.77. The first-order valence-electron chi connectivity index (χ1n) is 7.42. The van der Waals surface area contributed by atoms with E-state index in [1.54, 1.807) is 10.9 Å². The second-order valence-electron chi connectivity index (χ2n) is 6.89. The Balaban J connectivity index is 2.11. The Morgan fingerprint density at radius 3 is 2.73 bits per heavy atom. The van der Waals surface area contributed by atoms with Gasteiger partial charge in [0.25, 0.3) is 5.91 Å². The van der Waals surface area contributed by atoms with E-state index < -0.39 is 0 Å². The van der Waals surface area contributed by atoms with Gasteiger partial charge in [-0.1, -0.05) is 13.8 Å². The summed E-state index contributed by atoms with van der Waals surface area (Å²) in [4.78, 5) is 18.8. The lowest BCUT2D eigenvalue weighted by Crippen LogP contribution is -2.40. The summed E-state index contributed by atoms with van der Waals surface area (Å²) in [5.41, 5.74) is 2.26. The SMILES string of the molecule is Cc1nn(C)c2ncc(C(=O)NCC(C)(C)CN(C)C)cc12. The maximum atomic E-state index is 12.3. The van der Waals surface area contributed by atoms with Crippen LogP contribution in [0.3, 0.4) is 0 Å². The van der Waals surface area contributed by atoms with Gasteiger partial charge in [-0.05, 0) is 32.5 Å². The number of amides is 1. The molecule has 0 aliphatic heterocycles. The molecule has 1 N–H and O–H groups in total. The first-order valence-corrected chi connectivity index (χ1v) is 7.42. The summed E-state index contributed by atoms with van der Waals surface area (Å²) in [5, 5.41) is 8.25. The molecule has 6 nitrogen and oxygen atoms in total. The summed E-state index contributed by atoms with van der Waals surface area (Å²) in [5.74, 6) is -0.0931. The fraction of sp³-hybridized carbons (Fsp3) is 0.562. The quantitative estimate of drug-likeness (QED) is 0.911. The molecule has 0 atom stereocenters. The molecule has 2 heterocycles. The minimum absolute atomic E-state index is 0.0148. The number of carbonyl (C=O) groups excluding carboxylic acids is 1. The van der Waals surface area contributed by atoms with Crippen LogP contribution >= 0.6 is 0 Å². The number of hydrogen-bond donors (Lipinski definition) is 1. The highest BCUT2D eigenvalue weighted by Crippen LogP contribution is 2.17. The predicted molar refractivity (Wildman–Crippen MR) is 87.9 cm³/mol. The summed E-state index contributed by atoms with van der Waals surface area (Å²) in [6, 6.07) is 1.86. The summed E-state index contributed by atoms with van der Waals surface area (Å²) >= 11 is 0. The monoisotopic (exact) mass is 303 g/mol. The zero-order valence-corrected chi connectivity index (χ0v) is 14.3. The van der Waals surface area contributed by atoms with Gasteiger partial charge in [0, 0.05) is 31.7 Å². The molecule has 0 aromatic carbocycles. The Morgan fingerprint density at radius 2 is 2.09 bits per heavy atom. The van der Waals surface area contributed by atoms with Gasteiger partial charge in [-0.25, -0.2) is 4.98 Å². The predicted octanol–water partition coefficient (Wildman–Crippen LogP) is 1.59. The maximum absolute atomic E-state index is 12.3. The lowest BCUT2D eigenvalue weighted by atomic mass is 9.93. The Labute approximate surface area is 131 Å². The van der Waals surface area contributed by atoms with E-state index >= 15 is 0 Å². The summed E-state index contributed by atoms with van der Waals surface area (Å²) in [6.45, 7) is 7.73. The van der Waals surface area contributed by atoms with Crippen molar-refractivity contribution in [1.29, 1.82) is 0 Å². The lowest BCUT2D eigenvalue weighted by molar-refractivity contribution is 0.0929. The van der Waals surface area contributed by atoms with E-state index in [9.17, 15) is 4.79 Å². The molecule has 0 spiro atoms. The van der Waals surface area contributed by atoms with Gasteiger partial charge in [0.1, 0.15) is 0 Å². The third kappa shape index (κ3) is 3.62. The van der Waals surface area contributed by atoms with Crippen LogP contribution in [0.1, 0.15) is 29.9 Å². The van der Waals surface area contributed by atoms with Crippen LogP contribution in [0, 0.1) is 12.3 Å². The fourth-order valence-electron chi connectivity index (χ4n) is 2.77. The first-order chi connectivity index (χ1) is 10.2.